The fraction of sp³-hybridized carbons (Fsp3) is 1.00. The van der Waals surface area contributed by atoms with Crippen LogP contribution < -0.4 is 5.73 Å². The van der Waals surface area contributed by atoms with Crippen LogP contribution in [0.5, 0.6) is 0 Å². The fourth-order valence-corrected chi connectivity index (χ4v) is 0.669. The molecule has 0 unspecified atom stereocenters. The van der Waals surface area contributed by atoms with Gasteiger partial charge < -0.3 is 15.9 Å². The lowest BCUT2D eigenvalue weighted by Crippen LogP contribution is -2.39. The maximum atomic E-state index is 9.11. The monoisotopic (exact) mass is 117 g/mol. The van der Waals surface area contributed by atoms with Gasteiger partial charge in [0.15, 0.2) is 0 Å². The normalized spacial score (nSPS) is 27.4. The molecule has 1 fully saturated rings. The summed E-state index contributed by atoms with van der Waals surface area (Å²) < 4.78 is 0. The molecule has 0 aromatic carbocycles. The van der Waals surface area contributed by atoms with Gasteiger partial charge in [0, 0.05) is 0 Å². The van der Waals surface area contributed by atoms with E-state index in [-0.39, 0.29) is 6.61 Å². The minimum absolute atomic E-state index is 0.115. The highest BCUT2D eigenvalue weighted by atomic mass is 16.3. The van der Waals surface area contributed by atoms with Crippen LogP contribution in [0, 0.1) is 0 Å². The third kappa shape index (κ3) is 0.844. The number of aliphatic hydroxyl groups is 2. The predicted octanol–water partition coefficient (Wildman–Crippen LogP) is -1.17. The summed E-state index contributed by atoms with van der Waals surface area (Å²) in [5.41, 5.74) is 4.60. The summed E-state index contributed by atoms with van der Waals surface area (Å²) in [5, 5.41) is 17.5. The minimum Gasteiger partial charge on any atom is -0.395 e. The summed E-state index contributed by atoms with van der Waals surface area (Å²) in [6, 6.07) is -0.428. The Morgan fingerprint density at radius 3 is 2.25 bits per heavy atom. The summed E-state index contributed by atoms with van der Waals surface area (Å²) in [5.74, 6) is 0. The van der Waals surface area contributed by atoms with Crippen LogP contribution in [0.3, 0.4) is 0 Å². The first-order valence-corrected chi connectivity index (χ1v) is 2.78. The van der Waals surface area contributed by atoms with Crippen molar-refractivity contribution in [3.8, 4) is 0 Å². The topological polar surface area (TPSA) is 66.5 Å². The van der Waals surface area contributed by atoms with Gasteiger partial charge >= 0.3 is 0 Å². The highest BCUT2D eigenvalue weighted by Gasteiger charge is 2.45. The van der Waals surface area contributed by atoms with Crippen LogP contribution in [-0.4, -0.2) is 28.5 Å². The third-order valence-electron chi connectivity index (χ3n) is 1.65. The smallest absolute Gasteiger partial charge is 0.0822 e. The zero-order valence-electron chi connectivity index (χ0n) is 4.67. The largest absolute Gasteiger partial charge is 0.395 e. The van der Waals surface area contributed by atoms with Gasteiger partial charge in [-0.15, -0.1) is 0 Å². The van der Waals surface area contributed by atoms with E-state index in [1.807, 2.05) is 0 Å². The van der Waals surface area contributed by atoms with E-state index >= 15 is 0 Å². The first-order valence-electron chi connectivity index (χ1n) is 2.78. The third-order valence-corrected chi connectivity index (χ3v) is 1.65. The molecule has 0 radical (unpaired) electrons. The van der Waals surface area contributed by atoms with Crippen molar-refractivity contribution >= 4 is 0 Å². The zero-order chi connectivity index (χ0) is 6.20. The van der Waals surface area contributed by atoms with Crippen molar-refractivity contribution in [1.82, 2.24) is 0 Å². The molecule has 0 aliphatic heterocycles. The van der Waals surface area contributed by atoms with E-state index in [0.717, 1.165) is 12.8 Å². The average Bonchev–Trinajstić information content (AvgIpc) is 2.47. The summed E-state index contributed by atoms with van der Waals surface area (Å²) in [7, 11) is 0. The first kappa shape index (κ1) is 6.01. The van der Waals surface area contributed by atoms with E-state index in [1.54, 1.807) is 0 Å². The van der Waals surface area contributed by atoms with Gasteiger partial charge in [0.2, 0.25) is 0 Å². The van der Waals surface area contributed by atoms with E-state index in [0.29, 0.717) is 0 Å². The Bertz CT molecular complexity index is 90.4. The van der Waals surface area contributed by atoms with E-state index in [2.05, 4.69) is 0 Å². The molecule has 0 heterocycles. The van der Waals surface area contributed by atoms with Crippen molar-refractivity contribution in [3.05, 3.63) is 0 Å². The summed E-state index contributed by atoms with van der Waals surface area (Å²) in [6.45, 7) is -0.115. The highest BCUT2D eigenvalue weighted by molar-refractivity contribution is 5.01. The Balaban J connectivity index is 2.34. The SMILES string of the molecule is N[C@H](CO)C1(O)CC1. The number of hydrogen-bond acceptors (Lipinski definition) is 3. The van der Waals surface area contributed by atoms with Gasteiger partial charge in [0.05, 0.1) is 18.2 Å². The number of aliphatic hydroxyl groups excluding tert-OH is 1. The molecule has 3 nitrogen and oxygen atoms in total. The van der Waals surface area contributed by atoms with Gasteiger partial charge in [-0.05, 0) is 12.8 Å². The van der Waals surface area contributed by atoms with E-state index in [4.69, 9.17) is 15.9 Å². The van der Waals surface area contributed by atoms with Crippen LogP contribution in [0.25, 0.3) is 0 Å². The standard InChI is InChI=1S/C5H11NO2/c6-4(3-7)5(8)1-2-5/h4,7-8H,1-3,6H2/t4-/m1/s1. The lowest BCUT2D eigenvalue weighted by atomic mass is 10.2. The molecule has 8 heavy (non-hydrogen) atoms. The second-order valence-electron chi connectivity index (χ2n) is 2.39. The Kier molecular flexibility index (Phi) is 1.27. The predicted molar refractivity (Wildman–Crippen MR) is 29.2 cm³/mol. The second-order valence-corrected chi connectivity index (χ2v) is 2.39. The Morgan fingerprint density at radius 2 is 2.12 bits per heavy atom. The molecule has 1 saturated carbocycles. The van der Waals surface area contributed by atoms with Crippen molar-refractivity contribution in [1.29, 1.82) is 0 Å². The summed E-state index contributed by atoms with van der Waals surface area (Å²) in [4.78, 5) is 0. The molecular formula is C5H11NO2. The van der Waals surface area contributed by atoms with Crippen molar-refractivity contribution < 1.29 is 10.2 Å². The fourth-order valence-electron chi connectivity index (χ4n) is 0.669. The molecule has 0 aromatic heterocycles. The van der Waals surface area contributed by atoms with Gasteiger partial charge in [-0.2, -0.15) is 0 Å². The Labute approximate surface area is 48.1 Å². The van der Waals surface area contributed by atoms with E-state index < -0.39 is 11.6 Å². The summed E-state index contributed by atoms with van der Waals surface area (Å²) >= 11 is 0. The van der Waals surface area contributed by atoms with Gasteiger partial charge in [-0.3, -0.25) is 0 Å². The molecule has 0 saturated heterocycles. The van der Waals surface area contributed by atoms with E-state index in [1.165, 1.54) is 0 Å². The molecule has 0 aromatic rings. The van der Waals surface area contributed by atoms with Gasteiger partial charge in [-0.25, -0.2) is 0 Å². The van der Waals surface area contributed by atoms with Crippen LogP contribution in [-0.2, 0) is 0 Å². The summed E-state index contributed by atoms with van der Waals surface area (Å²) in [6.07, 6.45) is 1.49. The van der Waals surface area contributed by atoms with Crippen LogP contribution in [0.15, 0.2) is 0 Å². The van der Waals surface area contributed by atoms with Crippen LogP contribution in [0.1, 0.15) is 12.8 Å². The molecular weight excluding hydrogens is 106 g/mol. The maximum Gasteiger partial charge on any atom is 0.0822 e. The quantitative estimate of drug-likeness (QED) is 0.427. The molecule has 1 rings (SSSR count). The van der Waals surface area contributed by atoms with E-state index in [9.17, 15) is 0 Å². The molecule has 1 atom stereocenters. The number of rotatable bonds is 2. The molecule has 0 spiro atoms. The lowest BCUT2D eigenvalue weighted by molar-refractivity contribution is 0.0875. The van der Waals surface area contributed by atoms with Crippen molar-refractivity contribution in [2.45, 2.75) is 24.5 Å². The lowest BCUT2D eigenvalue weighted by Gasteiger charge is -2.13. The molecule has 3 heteroatoms. The zero-order valence-corrected chi connectivity index (χ0v) is 4.67. The average molecular weight is 117 g/mol. The number of hydrogen-bond donors (Lipinski definition) is 3. The van der Waals surface area contributed by atoms with Crippen molar-refractivity contribution in [2.24, 2.45) is 5.73 Å². The molecule has 1 aliphatic rings. The van der Waals surface area contributed by atoms with Crippen molar-refractivity contribution in [2.75, 3.05) is 6.61 Å². The van der Waals surface area contributed by atoms with Crippen molar-refractivity contribution in [3.63, 3.8) is 0 Å². The molecule has 48 valence electrons. The highest BCUT2D eigenvalue weighted by Crippen LogP contribution is 2.37. The minimum atomic E-state index is -0.714. The first-order chi connectivity index (χ1) is 3.69. The molecule has 1 aliphatic carbocycles. The van der Waals surface area contributed by atoms with Gasteiger partial charge in [-0.1, -0.05) is 0 Å². The molecule has 4 N–H and O–H groups in total. The molecule has 0 amide bonds. The second kappa shape index (κ2) is 1.69. The Hall–Kier alpha value is -0.120. The van der Waals surface area contributed by atoms with Crippen LogP contribution in [0.4, 0.5) is 0 Å². The van der Waals surface area contributed by atoms with Crippen LogP contribution >= 0.6 is 0 Å². The molecule has 0 bridgehead atoms. The Morgan fingerprint density at radius 1 is 1.62 bits per heavy atom. The maximum absolute atomic E-state index is 9.11. The van der Waals surface area contributed by atoms with Gasteiger partial charge in [0.25, 0.3) is 0 Å². The van der Waals surface area contributed by atoms with Crippen LogP contribution in [0.2, 0.25) is 0 Å². The number of nitrogens with two attached hydrogens (primary N) is 1. The van der Waals surface area contributed by atoms with Gasteiger partial charge in [0.1, 0.15) is 0 Å².